The van der Waals surface area contributed by atoms with Crippen LogP contribution in [0.3, 0.4) is 0 Å². The summed E-state index contributed by atoms with van der Waals surface area (Å²) in [6.45, 7) is -0.105. The molecule has 1 atom stereocenters. The van der Waals surface area contributed by atoms with E-state index < -0.39 is 23.5 Å². The van der Waals surface area contributed by atoms with Crippen LogP contribution in [-0.4, -0.2) is 40.3 Å². The summed E-state index contributed by atoms with van der Waals surface area (Å²) in [4.78, 5) is 31.9. The van der Waals surface area contributed by atoms with Crippen LogP contribution in [0.1, 0.15) is 12.8 Å². The Morgan fingerprint density at radius 1 is 1.43 bits per heavy atom. The lowest BCUT2D eigenvalue weighted by atomic mass is 10.1. The molecule has 4 N–H and O–H groups in total. The number of carbonyl (C=O) groups excluding carboxylic acids is 1. The number of aliphatic carboxylic acids is 2. The Balaban J connectivity index is 2.68. The molecule has 0 bridgehead atoms. The van der Waals surface area contributed by atoms with Crippen LogP contribution in [0.25, 0.3) is 0 Å². The minimum Gasteiger partial charge on any atom is -0.481 e. The predicted molar refractivity (Wildman–Crippen MR) is 43.4 cm³/mol. The van der Waals surface area contributed by atoms with Crippen LogP contribution in [0.15, 0.2) is 0 Å². The van der Waals surface area contributed by atoms with Crippen molar-refractivity contribution in [3.05, 3.63) is 0 Å². The van der Waals surface area contributed by atoms with E-state index in [1.54, 1.807) is 0 Å². The van der Waals surface area contributed by atoms with Crippen LogP contribution in [0.4, 0.5) is 0 Å². The zero-order valence-corrected chi connectivity index (χ0v) is 7.24. The van der Waals surface area contributed by atoms with Crippen LogP contribution >= 0.6 is 0 Å². The number of hydrogen-bond acceptors (Lipinski definition) is 4. The molecule has 1 unspecified atom stereocenters. The minimum atomic E-state index is -1.62. The summed E-state index contributed by atoms with van der Waals surface area (Å²) >= 11 is 0. The van der Waals surface area contributed by atoms with Gasteiger partial charge in [-0.3, -0.25) is 14.9 Å². The summed E-state index contributed by atoms with van der Waals surface area (Å²) in [5.41, 5.74) is -1.62. The van der Waals surface area contributed by atoms with Gasteiger partial charge >= 0.3 is 11.9 Å². The highest BCUT2D eigenvalue weighted by atomic mass is 16.4. The Bertz CT molecular complexity index is 290. The smallest absolute Gasteiger partial charge is 0.344 e. The topological polar surface area (TPSA) is 116 Å². The third-order valence-electron chi connectivity index (χ3n) is 1.98. The van der Waals surface area contributed by atoms with E-state index in [4.69, 9.17) is 10.2 Å². The summed E-state index contributed by atoms with van der Waals surface area (Å²) in [6, 6.07) is 0. The minimum absolute atomic E-state index is 0.105. The largest absolute Gasteiger partial charge is 0.481 e. The molecule has 78 valence electrons. The molecule has 0 aromatic carbocycles. The summed E-state index contributed by atoms with van der Waals surface area (Å²) < 4.78 is 0. The van der Waals surface area contributed by atoms with Gasteiger partial charge in [-0.25, -0.2) is 4.79 Å². The van der Waals surface area contributed by atoms with Crippen molar-refractivity contribution in [2.24, 2.45) is 0 Å². The number of carboxylic acids is 2. The van der Waals surface area contributed by atoms with E-state index in [1.165, 1.54) is 0 Å². The molecule has 0 aromatic rings. The maximum absolute atomic E-state index is 10.8. The SMILES string of the molecule is O=C(O)CCC1(C(=O)O)NCC(=O)N1. The molecule has 1 fully saturated rings. The molecule has 1 rings (SSSR count). The van der Waals surface area contributed by atoms with Gasteiger partial charge < -0.3 is 15.5 Å². The van der Waals surface area contributed by atoms with E-state index in [1.807, 2.05) is 0 Å². The molecule has 14 heavy (non-hydrogen) atoms. The number of amides is 1. The first-order valence-electron chi connectivity index (χ1n) is 3.97. The monoisotopic (exact) mass is 202 g/mol. The Morgan fingerprint density at radius 2 is 2.07 bits per heavy atom. The molecule has 7 nitrogen and oxygen atoms in total. The first-order valence-corrected chi connectivity index (χ1v) is 3.97. The summed E-state index contributed by atoms with van der Waals surface area (Å²) in [5.74, 6) is -2.82. The third-order valence-corrected chi connectivity index (χ3v) is 1.98. The first kappa shape index (κ1) is 10.5. The van der Waals surface area contributed by atoms with Gasteiger partial charge in [0, 0.05) is 12.8 Å². The van der Waals surface area contributed by atoms with Gasteiger partial charge in [0.2, 0.25) is 5.91 Å². The molecule has 1 aliphatic rings. The van der Waals surface area contributed by atoms with Crippen LogP contribution in [0.2, 0.25) is 0 Å². The second-order valence-electron chi connectivity index (χ2n) is 3.01. The standard InChI is InChI=1S/C7H10N2O5/c10-4-3-8-7(9-4,6(13)14)2-1-5(11)12/h8H,1-3H2,(H,9,10)(H,11,12)(H,13,14). The van der Waals surface area contributed by atoms with Crippen molar-refractivity contribution in [1.29, 1.82) is 0 Å². The Hall–Kier alpha value is -1.63. The normalized spacial score (nSPS) is 25.9. The van der Waals surface area contributed by atoms with E-state index in [-0.39, 0.29) is 19.4 Å². The molecule has 1 amide bonds. The second-order valence-corrected chi connectivity index (χ2v) is 3.01. The number of hydrogen-bond donors (Lipinski definition) is 4. The molecule has 1 saturated heterocycles. The molecular weight excluding hydrogens is 192 g/mol. The van der Waals surface area contributed by atoms with Gasteiger partial charge in [0.15, 0.2) is 5.66 Å². The summed E-state index contributed by atoms with van der Waals surface area (Å²) in [6.07, 6.45) is -0.497. The van der Waals surface area contributed by atoms with Gasteiger partial charge in [-0.1, -0.05) is 0 Å². The molecular formula is C7H10N2O5. The quantitative estimate of drug-likeness (QED) is 0.434. The molecule has 0 aromatic heterocycles. The zero-order chi connectivity index (χ0) is 10.8. The van der Waals surface area contributed by atoms with Gasteiger partial charge in [-0.15, -0.1) is 0 Å². The van der Waals surface area contributed by atoms with E-state index in [0.29, 0.717) is 0 Å². The van der Waals surface area contributed by atoms with Crippen molar-refractivity contribution >= 4 is 17.8 Å². The number of nitrogens with one attached hydrogen (secondary N) is 2. The second kappa shape index (κ2) is 3.62. The maximum Gasteiger partial charge on any atom is 0.344 e. The maximum atomic E-state index is 10.8. The van der Waals surface area contributed by atoms with Crippen LogP contribution < -0.4 is 10.6 Å². The molecule has 0 aliphatic carbocycles. The van der Waals surface area contributed by atoms with Crippen molar-refractivity contribution < 1.29 is 24.6 Å². The average molecular weight is 202 g/mol. The summed E-state index contributed by atoms with van der Waals surface area (Å²) in [5, 5.41) is 21.9. The third kappa shape index (κ3) is 1.99. The lowest BCUT2D eigenvalue weighted by Crippen LogP contribution is -2.56. The Labute approximate surface area is 79.1 Å². The van der Waals surface area contributed by atoms with Gasteiger partial charge in [-0.2, -0.15) is 0 Å². The van der Waals surface area contributed by atoms with E-state index in [2.05, 4.69) is 10.6 Å². The van der Waals surface area contributed by atoms with Crippen LogP contribution in [0.5, 0.6) is 0 Å². The predicted octanol–water partition coefficient (Wildman–Crippen LogP) is -1.65. The highest BCUT2D eigenvalue weighted by Crippen LogP contribution is 2.13. The lowest BCUT2D eigenvalue weighted by molar-refractivity contribution is -0.147. The Kier molecular flexibility index (Phi) is 2.70. The van der Waals surface area contributed by atoms with Crippen molar-refractivity contribution in [3.63, 3.8) is 0 Å². The lowest BCUT2D eigenvalue weighted by Gasteiger charge is -2.23. The van der Waals surface area contributed by atoms with E-state index >= 15 is 0 Å². The highest BCUT2D eigenvalue weighted by Gasteiger charge is 2.44. The first-order chi connectivity index (χ1) is 6.46. The fourth-order valence-corrected chi connectivity index (χ4v) is 1.24. The van der Waals surface area contributed by atoms with Crippen LogP contribution in [0, 0.1) is 0 Å². The van der Waals surface area contributed by atoms with Gasteiger partial charge in [-0.05, 0) is 0 Å². The van der Waals surface area contributed by atoms with E-state index in [9.17, 15) is 14.4 Å². The van der Waals surface area contributed by atoms with Gasteiger partial charge in [0.1, 0.15) is 0 Å². The van der Waals surface area contributed by atoms with Crippen molar-refractivity contribution in [1.82, 2.24) is 10.6 Å². The molecule has 0 saturated carbocycles. The highest BCUT2D eigenvalue weighted by molar-refractivity contribution is 5.91. The molecule has 7 heteroatoms. The number of carboxylic acid groups (broad SMARTS) is 2. The summed E-state index contributed by atoms with van der Waals surface area (Å²) in [7, 11) is 0. The van der Waals surface area contributed by atoms with Crippen molar-refractivity contribution in [3.8, 4) is 0 Å². The molecule has 1 aliphatic heterocycles. The van der Waals surface area contributed by atoms with Gasteiger partial charge in [0.25, 0.3) is 0 Å². The van der Waals surface area contributed by atoms with Crippen molar-refractivity contribution in [2.75, 3.05) is 6.54 Å². The van der Waals surface area contributed by atoms with E-state index in [0.717, 1.165) is 0 Å². The molecule has 0 spiro atoms. The fraction of sp³-hybridized carbons (Fsp3) is 0.571. The van der Waals surface area contributed by atoms with Crippen molar-refractivity contribution in [2.45, 2.75) is 18.5 Å². The van der Waals surface area contributed by atoms with Crippen LogP contribution in [-0.2, 0) is 14.4 Å². The molecule has 0 radical (unpaired) electrons. The average Bonchev–Trinajstić information content (AvgIpc) is 2.45. The van der Waals surface area contributed by atoms with Gasteiger partial charge in [0.05, 0.1) is 6.54 Å². The zero-order valence-electron chi connectivity index (χ0n) is 7.24. The number of rotatable bonds is 4. The Morgan fingerprint density at radius 3 is 2.43 bits per heavy atom. The number of carbonyl (C=O) groups is 3. The fourth-order valence-electron chi connectivity index (χ4n) is 1.24. The molecule has 1 heterocycles.